The van der Waals surface area contributed by atoms with Gasteiger partial charge in [0.1, 0.15) is 11.9 Å². The first-order valence-electron chi connectivity index (χ1n) is 12.2. The Hall–Kier alpha value is -4.03. The summed E-state index contributed by atoms with van der Waals surface area (Å²) < 4.78 is 9.46. The maximum absolute atomic E-state index is 12.9. The summed E-state index contributed by atoms with van der Waals surface area (Å²) in [6.07, 6.45) is 5.37. The third kappa shape index (κ3) is 3.48. The minimum atomic E-state index is -0.318. The Balaban J connectivity index is 1.57. The molecule has 36 heavy (non-hydrogen) atoms. The largest absolute Gasteiger partial charge is 0.381 e. The molecular weight excluding hydrogens is 454 g/mol. The highest BCUT2D eigenvalue weighted by Crippen LogP contribution is 2.41. The van der Waals surface area contributed by atoms with Gasteiger partial charge < -0.3 is 14.2 Å². The average Bonchev–Trinajstić information content (AvgIpc) is 3.50. The van der Waals surface area contributed by atoms with Gasteiger partial charge in [0.15, 0.2) is 0 Å². The van der Waals surface area contributed by atoms with Crippen molar-refractivity contribution < 1.29 is 9.53 Å². The number of rotatable bonds is 3. The molecule has 3 aromatic heterocycles. The Morgan fingerprint density at radius 2 is 1.94 bits per heavy atom. The lowest BCUT2D eigenvalue weighted by Crippen LogP contribution is -2.40. The van der Waals surface area contributed by atoms with Crippen LogP contribution in [0.4, 0.5) is 5.69 Å². The highest BCUT2D eigenvalue weighted by molar-refractivity contribution is 5.99. The number of nitrogens with zero attached hydrogens (tertiary/aromatic N) is 7. The normalized spacial score (nSPS) is 18.4. The number of ether oxygens (including phenoxy) is 1. The second kappa shape index (κ2) is 8.57. The first-order chi connectivity index (χ1) is 17.5. The van der Waals surface area contributed by atoms with Crippen molar-refractivity contribution in [2.45, 2.75) is 38.3 Å². The molecule has 0 radical (unpaired) electrons. The van der Waals surface area contributed by atoms with E-state index in [-0.39, 0.29) is 17.9 Å². The molecule has 0 unspecified atom stereocenters. The maximum Gasteiger partial charge on any atom is 0.245 e. The summed E-state index contributed by atoms with van der Waals surface area (Å²) in [5.41, 5.74) is 5.52. The first kappa shape index (κ1) is 22.4. The van der Waals surface area contributed by atoms with Crippen molar-refractivity contribution in [2.24, 2.45) is 7.05 Å². The van der Waals surface area contributed by atoms with Gasteiger partial charge in [0, 0.05) is 50.6 Å². The van der Waals surface area contributed by atoms with Gasteiger partial charge in [-0.05, 0) is 37.3 Å². The third-order valence-corrected chi connectivity index (χ3v) is 7.32. The minimum Gasteiger partial charge on any atom is -0.381 e. The topological polar surface area (TPSA) is 82.4 Å². The zero-order valence-corrected chi connectivity index (χ0v) is 20.6. The fourth-order valence-corrected chi connectivity index (χ4v) is 5.49. The Morgan fingerprint density at radius 1 is 1.14 bits per heavy atom. The molecule has 1 amide bonds. The van der Waals surface area contributed by atoms with Gasteiger partial charge in [0.05, 0.1) is 41.9 Å². The summed E-state index contributed by atoms with van der Waals surface area (Å²) >= 11 is 0. The molecule has 1 saturated heterocycles. The predicted molar refractivity (Wildman–Crippen MR) is 135 cm³/mol. The molecule has 2 aliphatic heterocycles. The van der Waals surface area contributed by atoms with Crippen molar-refractivity contribution in [1.29, 1.82) is 0 Å². The van der Waals surface area contributed by atoms with Crippen LogP contribution in [-0.2, 0) is 23.1 Å². The van der Waals surface area contributed by atoms with Crippen LogP contribution in [-0.4, -0.2) is 55.4 Å². The summed E-state index contributed by atoms with van der Waals surface area (Å²) in [5, 5.41) is 5.13. The van der Waals surface area contributed by atoms with E-state index in [2.05, 4.69) is 14.5 Å². The predicted octanol–water partition coefficient (Wildman–Crippen LogP) is 4.48. The van der Waals surface area contributed by atoms with Crippen LogP contribution in [0.1, 0.15) is 43.2 Å². The Kier molecular flexibility index (Phi) is 5.34. The molecule has 5 heterocycles. The first-order valence-corrected chi connectivity index (χ1v) is 12.2. The monoisotopic (exact) mass is 481 g/mol. The Morgan fingerprint density at radius 3 is 2.67 bits per heavy atom. The van der Waals surface area contributed by atoms with Crippen molar-refractivity contribution in [3.8, 4) is 22.5 Å². The quantitative estimate of drug-likeness (QED) is 0.403. The van der Waals surface area contributed by atoms with Crippen LogP contribution in [0.15, 0.2) is 36.7 Å². The van der Waals surface area contributed by atoms with Crippen molar-refractivity contribution in [3.05, 3.63) is 59.6 Å². The van der Waals surface area contributed by atoms with Gasteiger partial charge >= 0.3 is 0 Å². The van der Waals surface area contributed by atoms with Crippen molar-refractivity contribution in [3.63, 3.8) is 0 Å². The molecule has 0 N–H and O–H groups in total. The second-order valence-electron chi connectivity index (χ2n) is 9.64. The van der Waals surface area contributed by atoms with E-state index in [1.165, 1.54) is 0 Å². The van der Waals surface area contributed by atoms with Gasteiger partial charge in [-0.15, -0.1) is 0 Å². The molecule has 1 atom stereocenters. The maximum atomic E-state index is 12.9. The van der Waals surface area contributed by atoms with E-state index in [1.807, 2.05) is 51.5 Å². The Bertz CT molecular complexity index is 1540. The van der Waals surface area contributed by atoms with Crippen LogP contribution in [0.2, 0.25) is 0 Å². The van der Waals surface area contributed by atoms with Gasteiger partial charge in [-0.25, -0.2) is 9.83 Å². The summed E-state index contributed by atoms with van der Waals surface area (Å²) in [4.78, 5) is 28.6. The van der Waals surface area contributed by atoms with Gasteiger partial charge in [0.2, 0.25) is 11.6 Å². The van der Waals surface area contributed by atoms with Crippen LogP contribution in [0.5, 0.6) is 0 Å². The molecule has 4 aromatic rings. The van der Waals surface area contributed by atoms with E-state index in [4.69, 9.17) is 21.3 Å². The fourth-order valence-electron chi connectivity index (χ4n) is 5.49. The standard InChI is InChI=1S/C27H27N7O2/c1-16-27(35)32(3)15-23-25(31-26(34(16)23)17-8-10-36-11-9-17)19-6-5-7-21-20(19)12-22(28-2)24(30-21)18-13-29-33(4)14-18/h5-7,12-14,16-17H,8-11,15H2,1,3-4H3/t16-/m1/s1. The van der Waals surface area contributed by atoms with E-state index < -0.39 is 0 Å². The highest BCUT2D eigenvalue weighted by Gasteiger charge is 2.36. The number of fused-ring (bicyclic) bond motifs is 2. The zero-order valence-electron chi connectivity index (χ0n) is 20.6. The smallest absolute Gasteiger partial charge is 0.245 e. The molecule has 9 heteroatoms. The number of likely N-dealkylation sites (N-methyl/N-ethyl adjacent to an activating group) is 1. The van der Waals surface area contributed by atoms with E-state index in [0.29, 0.717) is 31.1 Å². The highest BCUT2D eigenvalue weighted by atomic mass is 16.5. The number of amides is 1. The molecule has 182 valence electrons. The molecular formula is C27H27N7O2. The van der Waals surface area contributed by atoms with E-state index >= 15 is 0 Å². The third-order valence-electron chi connectivity index (χ3n) is 7.32. The number of aromatic nitrogens is 5. The number of carbonyl (C=O) groups excluding carboxylic acids is 1. The SMILES string of the molecule is [C-]#[N+]c1cc2c(-c3nc(C4CCOCC4)n4c3CN(C)C(=O)[C@H]4C)cccc2nc1-c1cnn(C)c1. The lowest BCUT2D eigenvalue weighted by atomic mass is 9.98. The van der Waals surface area contributed by atoms with E-state index in [1.54, 1.807) is 15.8 Å². The number of hydrogen-bond donors (Lipinski definition) is 0. The lowest BCUT2D eigenvalue weighted by molar-refractivity contribution is -0.135. The molecule has 2 aliphatic rings. The zero-order chi connectivity index (χ0) is 25.0. The van der Waals surface area contributed by atoms with Crippen LogP contribution < -0.4 is 0 Å². The summed E-state index contributed by atoms with van der Waals surface area (Å²) in [7, 11) is 3.69. The van der Waals surface area contributed by atoms with Crippen LogP contribution >= 0.6 is 0 Å². The van der Waals surface area contributed by atoms with Crippen molar-refractivity contribution in [2.75, 3.05) is 20.3 Å². The van der Waals surface area contributed by atoms with Gasteiger partial charge in [-0.2, -0.15) is 5.10 Å². The van der Waals surface area contributed by atoms with Crippen LogP contribution in [0.3, 0.4) is 0 Å². The molecule has 0 spiro atoms. The van der Waals surface area contributed by atoms with Gasteiger partial charge in [-0.1, -0.05) is 12.1 Å². The lowest BCUT2D eigenvalue weighted by Gasteiger charge is -2.32. The summed E-state index contributed by atoms with van der Waals surface area (Å²) in [6.45, 7) is 11.7. The Labute approximate surface area is 209 Å². The van der Waals surface area contributed by atoms with Crippen LogP contribution in [0.25, 0.3) is 38.3 Å². The molecule has 0 aliphatic carbocycles. The number of hydrogen-bond acceptors (Lipinski definition) is 5. The minimum absolute atomic E-state index is 0.0933. The molecule has 9 nitrogen and oxygen atoms in total. The molecule has 1 fully saturated rings. The van der Waals surface area contributed by atoms with Gasteiger partial charge in [0.25, 0.3) is 0 Å². The van der Waals surface area contributed by atoms with Crippen LogP contribution in [0, 0.1) is 6.57 Å². The number of imidazole rings is 1. The molecule has 0 saturated carbocycles. The average molecular weight is 482 g/mol. The number of carbonyl (C=O) groups is 1. The number of benzene rings is 1. The van der Waals surface area contributed by atoms with Crippen molar-refractivity contribution >= 4 is 22.5 Å². The van der Waals surface area contributed by atoms with Crippen molar-refractivity contribution in [1.82, 2.24) is 29.2 Å². The molecule has 6 rings (SSSR count). The second-order valence-corrected chi connectivity index (χ2v) is 9.64. The molecule has 0 bridgehead atoms. The van der Waals surface area contributed by atoms with Gasteiger partial charge in [-0.3, -0.25) is 14.5 Å². The molecule has 1 aromatic carbocycles. The number of aryl methyl sites for hydroxylation is 1. The number of pyridine rings is 1. The summed E-state index contributed by atoms with van der Waals surface area (Å²) in [6, 6.07) is 7.58. The summed E-state index contributed by atoms with van der Waals surface area (Å²) in [5.74, 6) is 1.30. The van der Waals surface area contributed by atoms with E-state index in [0.717, 1.165) is 52.1 Å². The fraction of sp³-hybridized carbons (Fsp3) is 0.370. The van der Waals surface area contributed by atoms with E-state index in [9.17, 15) is 4.79 Å².